The van der Waals surface area contributed by atoms with E-state index in [1.165, 1.54) is 0 Å². The number of thiophene rings is 1. The number of H-pyrrole nitrogens is 1. The summed E-state index contributed by atoms with van der Waals surface area (Å²) >= 11 is 3.20. The van der Waals surface area contributed by atoms with E-state index in [1.54, 1.807) is 35.2 Å². The number of hydrogen-bond donors (Lipinski definition) is 1. The topological polar surface area (TPSA) is 57.7 Å². The predicted molar refractivity (Wildman–Crippen MR) is 127 cm³/mol. The molecule has 5 nitrogen and oxygen atoms in total. The van der Waals surface area contributed by atoms with Crippen molar-refractivity contribution in [2.24, 2.45) is 5.10 Å². The summed E-state index contributed by atoms with van der Waals surface area (Å²) in [6, 6.07) is 20.0. The maximum absolute atomic E-state index is 13.3. The Morgan fingerprint density at radius 3 is 2.81 bits per heavy atom. The number of benzene rings is 2. The number of nitrogens with zero attached hydrogens (tertiary/aromatic N) is 2. The van der Waals surface area contributed by atoms with Crippen LogP contribution in [0.2, 0.25) is 0 Å². The van der Waals surface area contributed by atoms with Gasteiger partial charge in [0.15, 0.2) is 0 Å². The molecule has 4 aromatic rings. The molecule has 0 bridgehead atoms. The molecule has 1 unspecified atom stereocenters. The number of fused-ring (bicyclic) bond motifs is 1. The van der Waals surface area contributed by atoms with Gasteiger partial charge in [-0.1, -0.05) is 36.4 Å². The summed E-state index contributed by atoms with van der Waals surface area (Å²) in [6.45, 7) is 0. The van der Waals surface area contributed by atoms with Crippen LogP contribution < -0.4 is 4.74 Å². The van der Waals surface area contributed by atoms with Crippen LogP contribution in [0, 0.1) is 0 Å². The molecule has 1 amide bonds. The van der Waals surface area contributed by atoms with E-state index in [2.05, 4.69) is 17.1 Å². The standard InChI is InChI=1S/C24H21N3O2S2/c1-29-17-10-8-16(9-11-17)21-13-20(22-7-4-12-30-22)26-27(21)24(28)15-31-23-14-25-19-6-3-2-5-18(19)23/h2-12,14,21,25H,13,15H2,1H3. The fraction of sp³-hybridized carbons (Fsp3) is 0.167. The molecule has 31 heavy (non-hydrogen) atoms. The zero-order valence-electron chi connectivity index (χ0n) is 16.9. The molecule has 2 aromatic heterocycles. The Morgan fingerprint density at radius 2 is 2.03 bits per heavy atom. The van der Waals surface area contributed by atoms with Gasteiger partial charge in [-0.15, -0.1) is 23.1 Å². The number of thioether (sulfide) groups is 1. The summed E-state index contributed by atoms with van der Waals surface area (Å²) in [6.07, 6.45) is 2.67. The number of hydrogen-bond acceptors (Lipinski definition) is 5. The maximum Gasteiger partial charge on any atom is 0.253 e. The lowest BCUT2D eigenvalue weighted by atomic mass is 10.0. The van der Waals surface area contributed by atoms with Crippen LogP contribution in [0.15, 0.2) is 82.2 Å². The van der Waals surface area contributed by atoms with Gasteiger partial charge in [0.25, 0.3) is 5.91 Å². The molecule has 0 saturated heterocycles. The molecule has 3 heterocycles. The third-order valence-electron chi connectivity index (χ3n) is 5.37. The number of aromatic nitrogens is 1. The molecule has 0 radical (unpaired) electrons. The Hall–Kier alpha value is -3.03. The van der Waals surface area contributed by atoms with Crippen molar-refractivity contribution in [3.63, 3.8) is 0 Å². The quantitative estimate of drug-likeness (QED) is 0.385. The lowest BCUT2D eigenvalue weighted by Gasteiger charge is -2.22. The van der Waals surface area contributed by atoms with Gasteiger partial charge < -0.3 is 9.72 Å². The average molecular weight is 448 g/mol. The number of aromatic amines is 1. The summed E-state index contributed by atoms with van der Waals surface area (Å²) in [5.41, 5.74) is 3.09. The van der Waals surface area contributed by atoms with Gasteiger partial charge in [-0.2, -0.15) is 5.10 Å². The molecule has 0 spiro atoms. The average Bonchev–Trinajstić information content (AvgIpc) is 3.57. The molecule has 0 fully saturated rings. The highest BCUT2D eigenvalue weighted by molar-refractivity contribution is 8.00. The number of nitrogens with one attached hydrogen (secondary N) is 1. The van der Waals surface area contributed by atoms with Gasteiger partial charge in [0.1, 0.15) is 5.75 Å². The number of methoxy groups -OCH3 is 1. The number of ether oxygens (including phenoxy) is 1. The highest BCUT2D eigenvalue weighted by Gasteiger charge is 2.33. The minimum absolute atomic E-state index is 0.00246. The van der Waals surface area contributed by atoms with Crippen molar-refractivity contribution < 1.29 is 9.53 Å². The molecule has 0 aliphatic carbocycles. The van der Waals surface area contributed by atoms with E-state index in [-0.39, 0.29) is 11.9 Å². The summed E-state index contributed by atoms with van der Waals surface area (Å²) in [5.74, 6) is 1.13. The lowest BCUT2D eigenvalue weighted by molar-refractivity contribution is -0.130. The van der Waals surface area contributed by atoms with Crippen LogP contribution in [0.5, 0.6) is 5.75 Å². The maximum atomic E-state index is 13.3. The van der Waals surface area contributed by atoms with Crippen LogP contribution in [0.4, 0.5) is 0 Å². The predicted octanol–water partition coefficient (Wildman–Crippen LogP) is 5.71. The normalized spacial score (nSPS) is 16.0. The Labute approximate surface area is 188 Å². The Morgan fingerprint density at radius 1 is 1.19 bits per heavy atom. The molecule has 156 valence electrons. The van der Waals surface area contributed by atoms with Crippen molar-refractivity contribution in [3.8, 4) is 5.75 Å². The summed E-state index contributed by atoms with van der Waals surface area (Å²) in [5, 5.41) is 9.59. The SMILES string of the molecule is COc1ccc(C2CC(c3cccs3)=NN2C(=O)CSc2c[nH]c3ccccc23)cc1. The highest BCUT2D eigenvalue weighted by atomic mass is 32.2. The van der Waals surface area contributed by atoms with E-state index in [0.717, 1.165) is 37.7 Å². The van der Waals surface area contributed by atoms with Gasteiger partial charge >= 0.3 is 0 Å². The van der Waals surface area contributed by atoms with E-state index in [9.17, 15) is 4.79 Å². The molecule has 1 N–H and O–H groups in total. The fourth-order valence-corrected chi connectivity index (χ4v) is 5.40. The van der Waals surface area contributed by atoms with Crippen LogP contribution in [-0.4, -0.2) is 34.5 Å². The molecule has 7 heteroatoms. The van der Waals surface area contributed by atoms with Crippen molar-refractivity contribution in [2.45, 2.75) is 17.4 Å². The second-order valence-electron chi connectivity index (χ2n) is 7.24. The van der Waals surface area contributed by atoms with E-state index in [1.807, 2.05) is 60.1 Å². The van der Waals surface area contributed by atoms with E-state index < -0.39 is 0 Å². The smallest absolute Gasteiger partial charge is 0.253 e. The number of para-hydroxylation sites is 1. The van der Waals surface area contributed by atoms with Gasteiger partial charge in [-0.25, -0.2) is 5.01 Å². The number of amides is 1. The molecular weight excluding hydrogens is 426 g/mol. The largest absolute Gasteiger partial charge is 0.497 e. The zero-order valence-corrected chi connectivity index (χ0v) is 18.6. The highest BCUT2D eigenvalue weighted by Crippen LogP contribution is 2.36. The van der Waals surface area contributed by atoms with Crippen LogP contribution in [0.25, 0.3) is 10.9 Å². The number of carbonyl (C=O) groups excluding carboxylic acids is 1. The van der Waals surface area contributed by atoms with E-state index in [4.69, 9.17) is 9.84 Å². The first-order valence-corrected chi connectivity index (χ1v) is 11.9. The summed E-state index contributed by atoms with van der Waals surface area (Å²) < 4.78 is 5.29. The minimum atomic E-state index is -0.112. The van der Waals surface area contributed by atoms with Gasteiger partial charge in [0.05, 0.1) is 29.5 Å². The van der Waals surface area contributed by atoms with Gasteiger partial charge in [-0.3, -0.25) is 4.79 Å². The second kappa shape index (κ2) is 8.61. The van der Waals surface area contributed by atoms with Crippen LogP contribution >= 0.6 is 23.1 Å². The van der Waals surface area contributed by atoms with Crippen molar-refractivity contribution in [2.75, 3.05) is 12.9 Å². The first-order chi connectivity index (χ1) is 15.2. The molecule has 1 aliphatic rings. The van der Waals surface area contributed by atoms with Crippen LogP contribution in [-0.2, 0) is 4.79 Å². The first kappa shape index (κ1) is 19.9. The monoisotopic (exact) mass is 447 g/mol. The lowest BCUT2D eigenvalue weighted by Crippen LogP contribution is -2.28. The van der Waals surface area contributed by atoms with Crippen molar-refractivity contribution in [1.29, 1.82) is 0 Å². The Bertz CT molecular complexity index is 1230. The molecule has 0 saturated carbocycles. The van der Waals surface area contributed by atoms with Gasteiger partial charge in [0.2, 0.25) is 0 Å². The minimum Gasteiger partial charge on any atom is -0.497 e. The zero-order chi connectivity index (χ0) is 21.2. The van der Waals surface area contributed by atoms with E-state index in [0.29, 0.717) is 12.2 Å². The van der Waals surface area contributed by atoms with Crippen molar-refractivity contribution >= 4 is 45.6 Å². The number of rotatable bonds is 6. The van der Waals surface area contributed by atoms with Crippen molar-refractivity contribution in [1.82, 2.24) is 9.99 Å². The molecule has 5 rings (SSSR count). The molecule has 1 aliphatic heterocycles. The van der Waals surface area contributed by atoms with Gasteiger partial charge in [0, 0.05) is 28.4 Å². The molecule has 1 atom stereocenters. The molecule has 2 aromatic carbocycles. The summed E-state index contributed by atoms with van der Waals surface area (Å²) in [7, 11) is 1.65. The third kappa shape index (κ3) is 3.98. The Balaban J connectivity index is 1.39. The summed E-state index contributed by atoms with van der Waals surface area (Å²) in [4.78, 5) is 18.7. The Kier molecular flexibility index (Phi) is 5.53. The van der Waals surface area contributed by atoms with Crippen LogP contribution in [0.3, 0.4) is 0 Å². The number of hydrazone groups is 1. The fourth-order valence-electron chi connectivity index (χ4n) is 3.79. The van der Waals surface area contributed by atoms with Gasteiger partial charge in [-0.05, 0) is 35.2 Å². The second-order valence-corrected chi connectivity index (χ2v) is 9.21. The van der Waals surface area contributed by atoms with Crippen LogP contribution in [0.1, 0.15) is 22.9 Å². The number of carbonyl (C=O) groups is 1. The third-order valence-corrected chi connectivity index (χ3v) is 7.33. The van der Waals surface area contributed by atoms with E-state index >= 15 is 0 Å². The molecular formula is C24H21N3O2S2. The first-order valence-electron chi connectivity index (χ1n) is 9.99. The van der Waals surface area contributed by atoms with Crippen molar-refractivity contribution in [3.05, 3.63) is 82.7 Å².